The molecule has 1 heterocycles. The lowest BCUT2D eigenvalue weighted by Crippen LogP contribution is -2.41. The van der Waals surface area contributed by atoms with E-state index in [1.165, 1.54) is 0 Å². The third-order valence-electron chi connectivity index (χ3n) is 4.91. The van der Waals surface area contributed by atoms with Gasteiger partial charge in [0.2, 0.25) is 0 Å². The summed E-state index contributed by atoms with van der Waals surface area (Å²) in [5.41, 5.74) is 4.74. The Morgan fingerprint density at radius 3 is 2.32 bits per heavy atom. The molecule has 2 atom stereocenters. The van der Waals surface area contributed by atoms with Gasteiger partial charge in [-0.1, -0.05) is 43.7 Å². The van der Waals surface area contributed by atoms with E-state index in [0.717, 1.165) is 32.6 Å². The summed E-state index contributed by atoms with van der Waals surface area (Å²) in [4.78, 5) is 16.1. The van der Waals surface area contributed by atoms with E-state index in [1.54, 1.807) is 4.57 Å². The number of imidazole rings is 1. The number of para-hydroxylation sites is 2. The Morgan fingerprint density at radius 1 is 1.11 bits per heavy atom. The summed E-state index contributed by atoms with van der Waals surface area (Å²) in [6.45, 7) is 10.6. The van der Waals surface area contributed by atoms with E-state index in [4.69, 9.17) is 0 Å². The number of benzene rings is 2. The number of aromatic nitrogens is 2. The van der Waals surface area contributed by atoms with Gasteiger partial charge in [0.15, 0.2) is 0 Å². The van der Waals surface area contributed by atoms with E-state index < -0.39 is 11.0 Å². The van der Waals surface area contributed by atoms with Gasteiger partial charge in [-0.25, -0.2) is 13.7 Å². The van der Waals surface area contributed by atoms with Crippen LogP contribution in [-0.4, -0.2) is 25.3 Å². The summed E-state index contributed by atoms with van der Waals surface area (Å²) in [7, 11) is -1.34. The van der Waals surface area contributed by atoms with Gasteiger partial charge in [-0.05, 0) is 49.9 Å². The monoisotopic (exact) mass is 403 g/mol. The largest absolute Gasteiger partial charge is 0.412 e. The number of H-pyrrole nitrogens is 1. The summed E-state index contributed by atoms with van der Waals surface area (Å²) >= 11 is 0. The Morgan fingerprint density at radius 2 is 1.71 bits per heavy atom. The lowest BCUT2D eigenvalue weighted by Gasteiger charge is -2.23. The molecule has 3 aromatic rings. The van der Waals surface area contributed by atoms with E-state index in [2.05, 4.69) is 35.7 Å². The lowest BCUT2D eigenvalue weighted by molar-refractivity contribution is 0.406. The van der Waals surface area contributed by atoms with Crippen LogP contribution in [0, 0.1) is 26.7 Å². The molecule has 0 bridgehead atoms. The molecule has 6 nitrogen and oxygen atoms in total. The van der Waals surface area contributed by atoms with Crippen molar-refractivity contribution in [1.29, 1.82) is 0 Å². The zero-order chi connectivity index (χ0) is 19.7. The molecule has 3 rings (SSSR count). The van der Waals surface area contributed by atoms with Gasteiger partial charge in [0.1, 0.15) is 11.0 Å². The second-order valence-corrected chi connectivity index (χ2v) is 8.70. The van der Waals surface area contributed by atoms with E-state index >= 15 is 0 Å². The molecule has 0 radical (unpaired) electrons. The molecule has 0 spiro atoms. The molecule has 28 heavy (non-hydrogen) atoms. The Hall–Kier alpha value is -2.22. The maximum Gasteiger partial charge on any atom is 0.326 e. The molecule has 152 valence electrons. The lowest BCUT2D eigenvalue weighted by atomic mass is 10.1. The van der Waals surface area contributed by atoms with Gasteiger partial charge in [0.25, 0.3) is 0 Å². The predicted molar refractivity (Wildman–Crippen MR) is 115 cm³/mol. The van der Waals surface area contributed by atoms with Gasteiger partial charge in [-0.15, -0.1) is 0 Å². The highest BCUT2D eigenvalue weighted by atomic mass is 32.2. The predicted octanol–water partition coefficient (Wildman–Crippen LogP) is 2.77. The van der Waals surface area contributed by atoms with Crippen LogP contribution in [0.3, 0.4) is 0 Å². The number of fused-ring (bicyclic) bond motifs is 1. The summed E-state index contributed by atoms with van der Waals surface area (Å²) in [5, 5.41) is 0. The van der Waals surface area contributed by atoms with E-state index in [0.29, 0.717) is 6.54 Å². The molecule has 0 aliphatic carbocycles. The first-order valence-corrected chi connectivity index (χ1v) is 10.4. The molecule has 4 N–H and O–H groups in total. The standard InChI is InChI=1S/C21H27N3O2S.H2O/c1-13(2)18(12-24-19-9-7-6-8-17(19)22-21(24)25)23-27(26)20-15(4)10-14(3)11-16(20)5;/h6-11,13,18,23H,12H2,1-5H3,(H,22,25);1H2. The number of nitrogens with one attached hydrogen (secondary N) is 2. The van der Waals surface area contributed by atoms with Crippen molar-refractivity contribution in [2.45, 2.75) is 52.1 Å². The van der Waals surface area contributed by atoms with Crippen molar-refractivity contribution < 1.29 is 9.69 Å². The minimum Gasteiger partial charge on any atom is -0.412 e. The molecule has 0 aliphatic heterocycles. The fourth-order valence-corrected chi connectivity index (χ4v) is 4.97. The van der Waals surface area contributed by atoms with Crippen LogP contribution in [0.1, 0.15) is 30.5 Å². The average Bonchev–Trinajstić information content (AvgIpc) is 2.88. The maximum absolute atomic E-state index is 13.1. The summed E-state index contributed by atoms with van der Waals surface area (Å²) in [6, 6.07) is 11.6. The van der Waals surface area contributed by atoms with Crippen molar-refractivity contribution in [3.8, 4) is 0 Å². The Bertz CT molecular complexity index is 1030. The van der Waals surface area contributed by atoms with Crippen molar-refractivity contribution in [3.63, 3.8) is 0 Å². The fourth-order valence-electron chi connectivity index (χ4n) is 3.52. The molecular weight excluding hydrogens is 374 g/mol. The topological polar surface area (TPSA) is 98.4 Å². The molecule has 0 amide bonds. The second-order valence-electron chi connectivity index (χ2n) is 7.52. The first-order valence-electron chi connectivity index (χ1n) is 9.21. The number of nitrogens with zero attached hydrogens (tertiary/aromatic N) is 1. The molecule has 2 unspecified atom stereocenters. The Labute approximate surface area is 167 Å². The SMILES string of the molecule is Cc1cc(C)c(S(=O)NC(Cn2c(=O)[nH]c3ccccc32)C(C)C)c(C)c1.O. The normalized spacial score (nSPS) is 13.5. The van der Waals surface area contributed by atoms with Crippen LogP contribution in [0.4, 0.5) is 0 Å². The van der Waals surface area contributed by atoms with Crippen molar-refractivity contribution in [1.82, 2.24) is 14.3 Å². The van der Waals surface area contributed by atoms with E-state index in [9.17, 15) is 9.00 Å². The van der Waals surface area contributed by atoms with Gasteiger partial charge in [0.05, 0.1) is 15.9 Å². The van der Waals surface area contributed by atoms with Gasteiger partial charge in [0, 0.05) is 12.6 Å². The van der Waals surface area contributed by atoms with Crippen LogP contribution in [-0.2, 0) is 17.5 Å². The van der Waals surface area contributed by atoms with E-state index in [-0.39, 0.29) is 23.1 Å². The number of rotatable bonds is 6. The molecule has 0 fully saturated rings. The van der Waals surface area contributed by atoms with Crippen LogP contribution in [0.5, 0.6) is 0 Å². The van der Waals surface area contributed by atoms with Gasteiger partial charge in [-0.3, -0.25) is 4.57 Å². The highest BCUT2D eigenvalue weighted by Crippen LogP contribution is 2.21. The van der Waals surface area contributed by atoms with Crippen LogP contribution in [0.2, 0.25) is 0 Å². The minimum atomic E-state index is -1.34. The van der Waals surface area contributed by atoms with Gasteiger partial charge in [-0.2, -0.15) is 0 Å². The first-order chi connectivity index (χ1) is 12.8. The minimum absolute atomic E-state index is 0. The zero-order valence-electron chi connectivity index (χ0n) is 17.0. The highest BCUT2D eigenvalue weighted by molar-refractivity contribution is 7.83. The molecule has 0 aliphatic rings. The Balaban J connectivity index is 0.00000280. The quantitative estimate of drug-likeness (QED) is 0.661. The number of aromatic amines is 1. The molecule has 2 aromatic carbocycles. The van der Waals surface area contributed by atoms with Crippen LogP contribution in [0.15, 0.2) is 46.1 Å². The number of hydrogen-bond donors (Lipinski definition) is 2. The number of hydrogen-bond acceptors (Lipinski definition) is 2. The second kappa shape index (κ2) is 8.86. The van der Waals surface area contributed by atoms with Crippen LogP contribution < -0.4 is 10.4 Å². The van der Waals surface area contributed by atoms with Crippen LogP contribution >= 0.6 is 0 Å². The smallest absolute Gasteiger partial charge is 0.326 e. The molecule has 1 aromatic heterocycles. The first kappa shape index (κ1) is 22.1. The van der Waals surface area contributed by atoms with Crippen molar-refractivity contribution in [2.24, 2.45) is 5.92 Å². The van der Waals surface area contributed by atoms with Gasteiger partial charge >= 0.3 is 5.69 Å². The van der Waals surface area contributed by atoms with Crippen molar-refractivity contribution >= 4 is 22.0 Å². The molecular formula is C21H29N3O3S. The third kappa shape index (κ3) is 4.43. The summed E-state index contributed by atoms with van der Waals surface area (Å²) in [6.07, 6.45) is 0. The molecule has 0 saturated heterocycles. The average molecular weight is 404 g/mol. The fraction of sp³-hybridized carbons (Fsp3) is 0.381. The molecule has 7 heteroatoms. The summed E-state index contributed by atoms with van der Waals surface area (Å²) < 4.78 is 18.1. The summed E-state index contributed by atoms with van der Waals surface area (Å²) in [5.74, 6) is 0.209. The van der Waals surface area contributed by atoms with Crippen LogP contribution in [0.25, 0.3) is 11.0 Å². The maximum atomic E-state index is 13.1. The third-order valence-corrected chi connectivity index (χ3v) is 6.45. The zero-order valence-corrected chi connectivity index (χ0v) is 17.8. The van der Waals surface area contributed by atoms with Crippen molar-refractivity contribution in [2.75, 3.05) is 0 Å². The molecule has 0 saturated carbocycles. The van der Waals surface area contributed by atoms with E-state index in [1.807, 2.05) is 45.0 Å². The van der Waals surface area contributed by atoms with Crippen molar-refractivity contribution in [3.05, 3.63) is 63.6 Å². The Kier molecular flexibility index (Phi) is 6.98. The number of aryl methyl sites for hydroxylation is 3. The van der Waals surface area contributed by atoms with Gasteiger partial charge < -0.3 is 10.5 Å². The highest BCUT2D eigenvalue weighted by Gasteiger charge is 2.21.